The molecular formula is C23H24ClN3O6. The van der Waals surface area contributed by atoms with Gasteiger partial charge in [-0.15, -0.1) is 0 Å². The smallest absolute Gasteiger partial charge is 0.335 e. The molecule has 0 unspecified atom stereocenters. The fourth-order valence-electron chi connectivity index (χ4n) is 3.59. The van der Waals surface area contributed by atoms with E-state index in [2.05, 4.69) is 10.6 Å². The molecule has 0 saturated carbocycles. The lowest BCUT2D eigenvalue weighted by Crippen LogP contribution is -2.48. The predicted molar refractivity (Wildman–Crippen MR) is 120 cm³/mol. The first-order valence-electron chi connectivity index (χ1n) is 10.2. The van der Waals surface area contributed by atoms with E-state index < -0.39 is 42.3 Å². The van der Waals surface area contributed by atoms with Gasteiger partial charge in [0.1, 0.15) is 12.3 Å². The van der Waals surface area contributed by atoms with Crippen molar-refractivity contribution in [1.82, 2.24) is 15.5 Å². The number of hydrogen-bond acceptors (Lipinski definition) is 5. The number of aromatic carboxylic acids is 1. The van der Waals surface area contributed by atoms with E-state index >= 15 is 0 Å². The molecule has 2 atom stereocenters. The quantitative estimate of drug-likeness (QED) is 0.592. The molecule has 1 saturated heterocycles. The normalized spacial score (nSPS) is 17.1. The van der Waals surface area contributed by atoms with E-state index in [4.69, 9.17) is 21.4 Å². The van der Waals surface area contributed by atoms with E-state index in [1.54, 1.807) is 37.3 Å². The topological polar surface area (TPSA) is 125 Å². The van der Waals surface area contributed by atoms with Crippen LogP contribution in [-0.2, 0) is 16.0 Å². The number of amides is 4. The highest BCUT2D eigenvalue weighted by atomic mass is 35.5. The van der Waals surface area contributed by atoms with Gasteiger partial charge >= 0.3 is 12.0 Å². The maximum absolute atomic E-state index is 13.2. The standard InChI is InChI=1S/C23H24ClN3O6/c1-13(14-3-5-15(6-4-14)22(30)31)26-23(32)27-12-20(28)25-11-17(21(27)29)9-16-10-18(24)7-8-19(16)33-2/h3-8,10,13,17H,9,11-12H2,1-2H3,(H,25,28)(H,26,32)(H,30,31)/t13-,17-/m1/s1. The lowest BCUT2D eigenvalue weighted by atomic mass is 9.97. The third kappa shape index (κ3) is 5.81. The number of carboxylic acids is 1. The van der Waals surface area contributed by atoms with Crippen molar-refractivity contribution in [3.05, 3.63) is 64.2 Å². The van der Waals surface area contributed by atoms with Crippen LogP contribution >= 0.6 is 11.6 Å². The second-order valence-electron chi connectivity index (χ2n) is 7.68. The van der Waals surface area contributed by atoms with E-state index in [0.717, 1.165) is 4.90 Å². The van der Waals surface area contributed by atoms with Crippen molar-refractivity contribution in [2.45, 2.75) is 19.4 Å². The van der Waals surface area contributed by atoms with Crippen LogP contribution in [0.15, 0.2) is 42.5 Å². The van der Waals surface area contributed by atoms with Crippen LogP contribution in [0.5, 0.6) is 5.75 Å². The van der Waals surface area contributed by atoms with Crippen molar-refractivity contribution in [1.29, 1.82) is 0 Å². The largest absolute Gasteiger partial charge is 0.496 e. The zero-order chi connectivity index (χ0) is 24.1. The van der Waals surface area contributed by atoms with Crippen LogP contribution in [0.2, 0.25) is 5.02 Å². The summed E-state index contributed by atoms with van der Waals surface area (Å²) in [6.45, 7) is 1.37. The molecule has 174 valence electrons. The third-order valence-electron chi connectivity index (χ3n) is 5.41. The summed E-state index contributed by atoms with van der Waals surface area (Å²) in [5.41, 5.74) is 1.46. The van der Waals surface area contributed by atoms with Gasteiger partial charge in [-0.05, 0) is 54.8 Å². The number of imide groups is 1. The van der Waals surface area contributed by atoms with Gasteiger partial charge in [-0.1, -0.05) is 23.7 Å². The number of carboxylic acid groups (broad SMARTS) is 1. The number of rotatable bonds is 6. The molecule has 0 spiro atoms. The first-order chi connectivity index (χ1) is 15.7. The van der Waals surface area contributed by atoms with E-state index in [1.807, 2.05) is 0 Å². The molecule has 0 bridgehead atoms. The van der Waals surface area contributed by atoms with E-state index in [1.165, 1.54) is 19.2 Å². The van der Waals surface area contributed by atoms with Gasteiger partial charge in [-0.3, -0.25) is 14.5 Å². The summed E-state index contributed by atoms with van der Waals surface area (Å²) in [7, 11) is 1.51. The minimum Gasteiger partial charge on any atom is -0.496 e. The first kappa shape index (κ1) is 24.1. The molecule has 33 heavy (non-hydrogen) atoms. The van der Waals surface area contributed by atoms with E-state index in [-0.39, 0.29) is 18.5 Å². The van der Waals surface area contributed by atoms with Crippen molar-refractivity contribution in [2.24, 2.45) is 5.92 Å². The number of carbonyl (C=O) groups is 4. The van der Waals surface area contributed by atoms with E-state index in [9.17, 15) is 19.2 Å². The minimum absolute atomic E-state index is 0.0727. The van der Waals surface area contributed by atoms with Crippen LogP contribution in [-0.4, -0.2) is 54.0 Å². The highest BCUT2D eigenvalue weighted by Crippen LogP contribution is 2.26. The minimum atomic E-state index is -1.05. The zero-order valence-electron chi connectivity index (χ0n) is 18.1. The lowest BCUT2D eigenvalue weighted by Gasteiger charge is -2.24. The Morgan fingerprint density at radius 3 is 2.58 bits per heavy atom. The van der Waals surface area contributed by atoms with Gasteiger partial charge in [0.25, 0.3) is 0 Å². The van der Waals surface area contributed by atoms with Crippen molar-refractivity contribution in [3.63, 3.8) is 0 Å². The number of halogens is 1. The third-order valence-corrected chi connectivity index (χ3v) is 5.65. The Balaban J connectivity index is 1.76. The van der Waals surface area contributed by atoms with Crippen LogP contribution in [0.25, 0.3) is 0 Å². The van der Waals surface area contributed by atoms with Crippen LogP contribution in [0.4, 0.5) is 4.79 Å². The van der Waals surface area contributed by atoms with Crippen molar-refractivity contribution >= 4 is 35.4 Å². The highest BCUT2D eigenvalue weighted by molar-refractivity contribution is 6.30. The van der Waals surface area contributed by atoms with Gasteiger partial charge in [0, 0.05) is 11.6 Å². The molecule has 0 aliphatic carbocycles. The molecule has 10 heteroatoms. The number of methoxy groups -OCH3 is 1. The fraction of sp³-hybridized carbons (Fsp3) is 0.304. The summed E-state index contributed by atoms with van der Waals surface area (Å²) in [6.07, 6.45) is 0.221. The summed E-state index contributed by atoms with van der Waals surface area (Å²) in [6, 6.07) is 9.84. The molecule has 1 aliphatic rings. The van der Waals surface area contributed by atoms with Gasteiger partial charge in [0.2, 0.25) is 11.8 Å². The Morgan fingerprint density at radius 1 is 1.24 bits per heavy atom. The molecule has 0 radical (unpaired) electrons. The molecule has 9 nitrogen and oxygen atoms in total. The van der Waals surface area contributed by atoms with Crippen LogP contribution in [0, 0.1) is 5.92 Å². The first-order valence-corrected chi connectivity index (χ1v) is 10.6. The Morgan fingerprint density at radius 2 is 1.94 bits per heavy atom. The summed E-state index contributed by atoms with van der Waals surface area (Å²) in [5.74, 6) is -2.14. The summed E-state index contributed by atoms with van der Waals surface area (Å²) in [4.78, 5) is 50.2. The Kier molecular flexibility index (Phi) is 7.55. The van der Waals surface area contributed by atoms with Crippen LogP contribution in [0.3, 0.4) is 0 Å². The van der Waals surface area contributed by atoms with Crippen LogP contribution < -0.4 is 15.4 Å². The predicted octanol–water partition coefficient (Wildman–Crippen LogP) is 2.63. The number of carbonyl (C=O) groups excluding carboxylic acids is 3. The monoisotopic (exact) mass is 473 g/mol. The van der Waals surface area contributed by atoms with Gasteiger partial charge in [-0.2, -0.15) is 0 Å². The van der Waals surface area contributed by atoms with Gasteiger partial charge in [0.05, 0.1) is 24.6 Å². The molecule has 1 fully saturated rings. The molecule has 2 aromatic rings. The maximum atomic E-state index is 13.2. The zero-order valence-corrected chi connectivity index (χ0v) is 18.9. The fourth-order valence-corrected chi connectivity index (χ4v) is 3.78. The van der Waals surface area contributed by atoms with Crippen LogP contribution in [0.1, 0.15) is 34.5 Å². The highest BCUT2D eigenvalue weighted by Gasteiger charge is 2.35. The average Bonchev–Trinajstić information content (AvgIpc) is 2.93. The second kappa shape index (κ2) is 10.4. The number of nitrogens with zero attached hydrogens (tertiary/aromatic N) is 1. The second-order valence-corrected chi connectivity index (χ2v) is 8.12. The van der Waals surface area contributed by atoms with Gasteiger partial charge in [-0.25, -0.2) is 9.59 Å². The SMILES string of the molecule is COc1ccc(Cl)cc1C[C@@H]1CNC(=O)CN(C(=O)N[C@H](C)c2ccc(C(=O)O)cc2)C1=O. The molecule has 1 aliphatic heterocycles. The number of nitrogens with one attached hydrogen (secondary N) is 2. The summed E-state index contributed by atoms with van der Waals surface area (Å²) >= 11 is 6.09. The maximum Gasteiger partial charge on any atom is 0.335 e. The summed E-state index contributed by atoms with van der Waals surface area (Å²) < 4.78 is 5.34. The number of urea groups is 1. The molecule has 1 heterocycles. The Labute approximate surface area is 195 Å². The molecule has 3 rings (SSSR count). The Bertz CT molecular complexity index is 1070. The summed E-state index contributed by atoms with van der Waals surface area (Å²) in [5, 5.41) is 14.9. The number of ether oxygens (including phenoxy) is 1. The van der Waals surface area contributed by atoms with Gasteiger partial charge in [0.15, 0.2) is 0 Å². The van der Waals surface area contributed by atoms with E-state index in [0.29, 0.717) is 21.9 Å². The van der Waals surface area contributed by atoms with Crippen molar-refractivity contribution in [3.8, 4) is 5.75 Å². The van der Waals surface area contributed by atoms with Gasteiger partial charge < -0.3 is 20.5 Å². The lowest BCUT2D eigenvalue weighted by molar-refractivity contribution is -0.133. The molecule has 4 amide bonds. The number of benzene rings is 2. The molecule has 2 aromatic carbocycles. The molecule has 0 aromatic heterocycles. The molecule has 3 N–H and O–H groups in total. The molecular weight excluding hydrogens is 450 g/mol. The van der Waals surface area contributed by atoms with Crippen molar-refractivity contribution in [2.75, 3.05) is 20.2 Å². The Hall–Kier alpha value is -3.59. The van der Waals surface area contributed by atoms with Crippen molar-refractivity contribution < 1.29 is 29.0 Å². The number of hydrogen-bond donors (Lipinski definition) is 3. The average molecular weight is 474 g/mol.